The summed E-state index contributed by atoms with van der Waals surface area (Å²) in [5.41, 5.74) is 3.52. The van der Waals surface area contributed by atoms with E-state index < -0.39 is 17.9 Å². The lowest BCUT2D eigenvalue weighted by molar-refractivity contribution is -0.142. The third-order valence-corrected chi connectivity index (χ3v) is 5.15. The molecule has 1 amide bonds. The molecule has 2 atom stereocenters. The van der Waals surface area contributed by atoms with Gasteiger partial charge < -0.3 is 15.4 Å². The predicted molar refractivity (Wildman–Crippen MR) is 115 cm³/mol. The SMILES string of the molecule is CC(C)Cc1ccc2cc(C(=O)NC(C)C(Cc3ccccc3)C(=O)O)[nH]c2c1. The van der Waals surface area contributed by atoms with Gasteiger partial charge in [0.25, 0.3) is 5.91 Å². The average molecular weight is 392 g/mol. The number of nitrogens with one attached hydrogen (secondary N) is 2. The number of hydrogen-bond acceptors (Lipinski definition) is 2. The molecular formula is C24H28N2O3. The predicted octanol–water partition coefficient (Wildman–Crippen LogP) is 4.43. The molecule has 29 heavy (non-hydrogen) atoms. The number of H-pyrrole nitrogens is 1. The van der Waals surface area contributed by atoms with Gasteiger partial charge in [0.05, 0.1) is 5.92 Å². The van der Waals surface area contributed by atoms with Crippen LogP contribution in [0.1, 0.15) is 42.4 Å². The van der Waals surface area contributed by atoms with Crippen molar-refractivity contribution < 1.29 is 14.7 Å². The molecule has 0 aliphatic rings. The van der Waals surface area contributed by atoms with Crippen LogP contribution in [0.4, 0.5) is 0 Å². The van der Waals surface area contributed by atoms with Crippen molar-refractivity contribution in [3.63, 3.8) is 0 Å². The Bertz CT molecular complexity index is 992. The van der Waals surface area contributed by atoms with E-state index in [9.17, 15) is 14.7 Å². The first kappa shape index (κ1) is 20.6. The molecule has 5 nitrogen and oxygen atoms in total. The Kier molecular flexibility index (Phi) is 6.37. The van der Waals surface area contributed by atoms with E-state index in [1.807, 2.05) is 42.5 Å². The van der Waals surface area contributed by atoms with Gasteiger partial charge in [0, 0.05) is 16.9 Å². The molecule has 0 fully saturated rings. The summed E-state index contributed by atoms with van der Waals surface area (Å²) in [6, 6.07) is 16.9. The van der Waals surface area contributed by atoms with E-state index in [1.54, 1.807) is 6.92 Å². The van der Waals surface area contributed by atoms with Crippen molar-refractivity contribution >= 4 is 22.8 Å². The van der Waals surface area contributed by atoms with Crippen LogP contribution < -0.4 is 5.32 Å². The molecule has 0 spiro atoms. The van der Waals surface area contributed by atoms with Gasteiger partial charge in [-0.15, -0.1) is 0 Å². The Morgan fingerprint density at radius 1 is 0.966 bits per heavy atom. The molecule has 3 aromatic rings. The fraction of sp³-hybridized carbons (Fsp3) is 0.333. The maximum atomic E-state index is 12.7. The van der Waals surface area contributed by atoms with Gasteiger partial charge in [-0.3, -0.25) is 9.59 Å². The number of carbonyl (C=O) groups is 2. The summed E-state index contributed by atoms with van der Waals surface area (Å²) in [4.78, 5) is 27.7. The molecule has 152 valence electrons. The van der Waals surface area contributed by atoms with Gasteiger partial charge in [-0.05, 0) is 48.9 Å². The molecule has 1 heterocycles. The van der Waals surface area contributed by atoms with Crippen LogP contribution in [0.5, 0.6) is 0 Å². The number of benzene rings is 2. The molecule has 0 radical (unpaired) electrons. The Hall–Kier alpha value is -3.08. The molecule has 2 aromatic carbocycles. The van der Waals surface area contributed by atoms with Gasteiger partial charge in [-0.1, -0.05) is 56.3 Å². The van der Waals surface area contributed by atoms with Gasteiger partial charge >= 0.3 is 5.97 Å². The zero-order chi connectivity index (χ0) is 21.0. The molecule has 0 saturated heterocycles. The molecule has 0 aliphatic heterocycles. The summed E-state index contributed by atoms with van der Waals surface area (Å²) in [7, 11) is 0. The lowest BCUT2D eigenvalue weighted by Crippen LogP contribution is -2.42. The van der Waals surface area contributed by atoms with Crippen LogP contribution in [0, 0.1) is 11.8 Å². The Labute approximate surface area is 171 Å². The largest absolute Gasteiger partial charge is 0.481 e. The maximum Gasteiger partial charge on any atom is 0.308 e. The number of fused-ring (bicyclic) bond motifs is 1. The third-order valence-electron chi connectivity index (χ3n) is 5.15. The van der Waals surface area contributed by atoms with E-state index in [0.29, 0.717) is 18.0 Å². The first-order chi connectivity index (χ1) is 13.8. The first-order valence-electron chi connectivity index (χ1n) is 10.0. The Morgan fingerprint density at radius 2 is 1.69 bits per heavy atom. The normalized spacial score (nSPS) is 13.4. The molecule has 2 unspecified atom stereocenters. The van der Waals surface area contributed by atoms with Crippen molar-refractivity contribution in [1.82, 2.24) is 10.3 Å². The topological polar surface area (TPSA) is 82.2 Å². The zero-order valence-electron chi connectivity index (χ0n) is 17.1. The highest BCUT2D eigenvalue weighted by molar-refractivity contribution is 5.98. The lowest BCUT2D eigenvalue weighted by atomic mass is 9.93. The molecular weight excluding hydrogens is 364 g/mol. The number of rotatable bonds is 8. The minimum absolute atomic E-state index is 0.293. The highest BCUT2D eigenvalue weighted by Crippen LogP contribution is 2.20. The van der Waals surface area contributed by atoms with Crippen molar-refractivity contribution in [2.75, 3.05) is 0 Å². The number of carbonyl (C=O) groups excluding carboxylic acids is 1. The second-order valence-electron chi connectivity index (χ2n) is 8.10. The van der Waals surface area contributed by atoms with E-state index in [2.05, 4.69) is 36.3 Å². The number of aromatic nitrogens is 1. The number of hydrogen-bond donors (Lipinski definition) is 3. The van der Waals surface area contributed by atoms with Crippen molar-refractivity contribution in [3.05, 3.63) is 71.4 Å². The van der Waals surface area contributed by atoms with Crippen LogP contribution in [-0.2, 0) is 17.6 Å². The van der Waals surface area contributed by atoms with Gasteiger partial charge in [0.15, 0.2) is 0 Å². The van der Waals surface area contributed by atoms with E-state index in [4.69, 9.17) is 0 Å². The monoisotopic (exact) mass is 392 g/mol. The quantitative estimate of drug-likeness (QED) is 0.530. The summed E-state index contributed by atoms with van der Waals surface area (Å²) in [5, 5.41) is 13.5. The third kappa shape index (κ3) is 5.25. The molecule has 0 saturated carbocycles. The van der Waals surface area contributed by atoms with Crippen LogP contribution >= 0.6 is 0 Å². The van der Waals surface area contributed by atoms with E-state index in [1.165, 1.54) is 5.56 Å². The van der Waals surface area contributed by atoms with Crippen molar-refractivity contribution in [3.8, 4) is 0 Å². The number of carboxylic acid groups (broad SMARTS) is 1. The van der Waals surface area contributed by atoms with E-state index in [-0.39, 0.29) is 5.91 Å². The number of aliphatic carboxylic acids is 1. The Balaban J connectivity index is 1.72. The van der Waals surface area contributed by atoms with Gasteiger partial charge in [-0.2, -0.15) is 0 Å². The minimum atomic E-state index is -0.920. The second kappa shape index (κ2) is 8.95. The van der Waals surface area contributed by atoms with Gasteiger partial charge in [0.1, 0.15) is 5.69 Å². The molecule has 3 rings (SSSR count). The minimum Gasteiger partial charge on any atom is -0.481 e. The fourth-order valence-electron chi connectivity index (χ4n) is 3.63. The zero-order valence-corrected chi connectivity index (χ0v) is 17.1. The highest BCUT2D eigenvalue weighted by atomic mass is 16.4. The van der Waals surface area contributed by atoms with E-state index in [0.717, 1.165) is 22.9 Å². The number of aromatic amines is 1. The average Bonchev–Trinajstić information content (AvgIpc) is 3.09. The smallest absolute Gasteiger partial charge is 0.308 e. The van der Waals surface area contributed by atoms with Crippen LogP contribution in [0.2, 0.25) is 0 Å². The Morgan fingerprint density at radius 3 is 2.34 bits per heavy atom. The number of amides is 1. The van der Waals surface area contributed by atoms with Crippen LogP contribution in [-0.4, -0.2) is 28.0 Å². The van der Waals surface area contributed by atoms with Crippen LogP contribution in [0.25, 0.3) is 10.9 Å². The summed E-state index contributed by atoms with van der Waals surface area (Å²) < 4.78 is 0. The van der Waals surface area contributed by atoms with Gasteiger partial charge in [-0.25, -0.2) is 0 Å². The number of carboxylic acids is 1. The molecule has 1 aromatic heterocycles. The van der Waals surface area contributed by atoms with Crippen molar-refractivity contribution in [1.29, 1.82) is 0 Å². The maximum absolute atomic E-state index is 12.7. The highest BCUT2D eigenvalue weighted by Gasteiger charge is 2.27. The summed E-state index contributed by atoms with van der Waals surface area (Å²) >= 11 is 0. The molecule has 0 aliphatic carbocycles. The van der Waals surface area contributed by atoms with Crippen molar-refractivity contribution in [2.24, 2.45) is 11.8 Å². The summed E-state index contributed by atoms with van der Waals surface area (Å²) in [5.74, 6) is -1.36. The van der Waals surface area contributed by atoms with E-state index >= 15 is 0 Å². The second-order valence-corrected chi connectivity index (χ2v) is 8.10. The summed E-state index contributed by atoms with van der Waals surface area (Å²) in [6.07, 6.45) is 1.34. The summed E-state index contributed by atoms with van der Waals surface area (Å²) in [6.45, 7) is 6.09. The molecule has 3 N–H and O–H groups in total. The van der Waals surface area contributed by atoms with Crippen molar-refractivity contribution in [2.45, 2.75) is 39.7 Å². The first-order valence-corrected chi connectivity index (χ1v) is 10.0. The standard InChI is InChI=1S/C24H28N2O3/c1-15(2)11-18-9-10-19-14-22(26-21(19)13-18)23(27)25-16(3)20(24(28)29)12-17-7-5-4-6-8-17/h4-10,13-16,20,26H,11-12H2,1-3H3,(H,25,27)(H,28,29). The van der Waals surface area contributed by atoms with Crippen LogP contribution in [0.3, 0.4) is 0 Å². The fourth-order valence-corrected chi connectivity index (χ4v) is 3.63. The lowest BCUT2D eigenvalue weighted by Gasteiger charge is -2.21. The van der Waals surface area contributed by atoms with Crippen LogP contribution in [0.15, 0.2) is 54.6 Å². The molecule has 0 bridgehead atoms. The molecule has 5 heteroatoms. The van der Waals surface area contributed by atoms with Gasteiger partial charge in [0.2, 0.25) is 0 Å².